The summed E-state index contributed by atoms with van der Waals surface area (Å²) in [5.41, 5.74) is 1.29. The maximum atomic E-state index is 12.2. The lowest BCUT2D eigenvalue weighted by molar-refractivity contribution is -0.127. The molecule has 0 aliphatic carbocycles. The summed E-state index contributed by atoms with van der Waals surface area (Å²) in [4.78, 5) is 14.7. The number of amides is 1. The molecule has 1 fully saturated rings. The van der Waals surface area contributed by atoms with Crippen molar-refractivity contribution in [3.05, 3.63) is 29.8 Å². The van der Waals surface area contributed by atoms with Crippen LogP contribution in [0, 0.1) is 5.92 Å². The zero-order valence-corrected chi connectivity index (χ0v) is 15.1. The molecule has 5 nitrogen and oxygen atoms in total. The van der Waals surface area contributed by atoms with Gasteiger partial charge < -0.3 is 14.8 Å². The summed E-state index contributed by atoms with van der Waals surface area (Å²) in [7, 11) is 1.65. The van der Waals surface area contributed by atoms with Crippen LogP contribution in [0.4, 0.5) is 0 Å². The van der Waals surface area contributed by atoms with Crippen molar-refractivity contribution < 1.29 is 14.3 Å². The van der Waals surface area contributed by atoms with Crippen molar-refractivity contribution in [1.82, 2.24) is 10.2 Å². The lowest BCUT2D eigenvalue weighted by Gasteiger charge is -2.31. The number of piperidine rings is 1. The third-order valence-corrected chi connectivity index (χ3v) is 4.40. The van der Waals surface area contributed by atoms with Gasteiger partial charge in [-0.25, -0.2) is 0 Å². The van der Waals surface area contributed by atoms with E-state index in [0.717, 1.165) is 38.2 Å². The third-order valence-electron chi connectivity index (χ3n) is 4.40. The van der Waals surface area contributed by atoms with Gasteiger partial charge in [0.1, 0.15) is 5.75 Å². The van der Waals surface area contributed by atoms with Crippen molar-refractivity contribution >= 4 is 5.91 Å². The number of carbonyl (C=O) groups is 1. The molecule has 5 heteroatoms. The van der Waals surface area contributed by atoms with Crippen molar-refractivity contribution in [2.45, 2.75) is 39.3 Å². The van der Waals surface area contributed by atoms with Crippen LogP contribution < -0.4 is 10.1 Å². The Kier molecular flexibility index (Phi) is 7.53. The van der Waals surface area contributed by atoms with E-state index >= 15 is 0 Å². The Labute approximate surface area is 145 Å². The molecule has 0 aromatic heterocycles. The summed E-state index contributed by atoms with van der Waals surface area (Å²) in [5.74, 6) is 1.21. The second-order valence-corrected chi connectivity index (χ2v) is 6.49. The number of carbonyl (C=O) groups excluding carboxylic acids is 1. The average Bonchev–Trinajstić information content (AvgIpc) is 2.57. The zero-order chi connectivity index (χ0) is 17.4. The normalized spacial score (nSPS) is 17.5. The fraction of sp³-hybridized carbons (Fsp3) is 0.632. The fourth-order valence-corrected chi connectivity index (χ4v) is 3.12. The molecule has 0 bridgehead atoms. The monoisotopic (exact) mass is 334 g/mol. The average molecular weight is 334 g/mol. The summed E-state index contributed by atoms with van der Waals surface area (Å²) < 4.78 is 10.5. The highest BCUT2D eigenvalue weighted by molar-refractivity contribution is 5.79. The number of hydrogen-bond donors (Lipinski definition) is 1. The van der Waals surface area contributed by atoms with Gasteiger partial charge in [0.15, 0.2) is 0 Å². The first-order chi connectivity index (χ1) is 11.6. The molecular formula is C19H30N2O3. The first-order valence-electron chi connectivity index (χ1n) is 8.85. The van der Waals surface area contributed by atoms with Crippen LogP contribution in [0.2, 0.25) is 0 Å². The quantitative estimate of drug-likeness (QED) is 0.793. The third kappa shape index (κ3) is 5.80. The maximum absolute atomic E-state index is 12.2. The number of nitrogens with zero attached hydrogens (tertiary/aromatic N) is 1. The first kappa shape index (κ1) is 18.7. The van der Waals surface area contributed by atoms with Crippen LogP contribution in [-0.2, 0) is 16.1 Å². The van der Waals surface area contributed by atoms with Gasteiger partial charge in [-0.1, -0.05) is 12.1 Å². The number of nitrogens with one attached hydrogen (secondary N) is 1. The van der Waals surface area contributed by atoms with E-state index in [4.69, 9.17) is 9.47 Å². The molecule has 1 atom stereocenters. The molecule has 1 aliphatic heterocycles. The molecule has 1 heterocycles. The first-order valence-corrected chi connectivity index (χ1v) is 8.85. The summed E-state index contributed by atoms with van der Waals surface area (Å²) in [6, 6.07) is 8.36. The van der Waals surface area contributed by atoms with E-state index in [0.29, 0.717) is 13.2 Å². The number of ether oxygens (including phenoxy) is 2. The van der Waals surface area contributed by atoms with Crippen molar-refractivity contribution in [3.63, 3.8) is 0 Å². The molecule has 0 spiro atoms. The molecule has 1 aliphatic rings. The topological polar surface area (TPSA) is 50.8 Å². The molecule has 134 valence electrons. The van der Waals surface area contributed by atoms with Gasteiger partial charge in [0.25, 0.3) is 0 Å². The zero-order valence-electron chi connectivity index (χ0n) is 15.1. The highest BCUT2D eigenvalue weighted by atomic mass is 16.5. The van der Waals surface area contributed by atoms with E-state index in [1.165, 1.54) is 5.56 Å². The van der Waals surface area contributed by atoms with Gasteiger partial charge in [-0.2, -0.15) is 0 Å². The highest BCUT2D eigenvalue weighted by Gasteiger charge is 2.25. The van der Waals surface area contributed by atoms with Crippen LogP contribution in [0.1, 0.15) is 32.3 Å². The van der Waals surface area contributed by atoms with E-state index in [1.54, 1.807) is 7.11 Å². The lowest BCUT2D eigenvalue weighted by Crippen LogP contribution is -2.44. The van der Waals surface area contributed by atoms with Crippen LogP contribution in [0.15, 0.2) is 24.3 Å². The van der Waals surface area contributed by atoms with Gasteiger partial charge >= 0.3 is 0 Å². The molecule has 1 N–H and O–H groups in total. The van der Waals surface area contributed by atoms with Gasteiger partial charge in [0, 0.05) is 25.6 Å². The molecule has 1 aromatic rings. The highest BCUT2D eigenvalue weighted by Crippen LogP contribution is 2.20. The van der Waals surface area contributed by atoms with Crippen molar-refractivity contribution in [2.75, 3.05) is 33.4 Å². The van der Waals surface area contributed by atoms with Crippen LogP contribution in [0.25, 0.3) is 0 Å². The van der Waals surface area contributed by atoms with Crippen LogP contribution in [0.5, 0.6) is 5.75 Å². The van der Waals surface area contributed by atoms with E-state index in [2.05, 4.69) is 22.3 Å². The van der Waals surface area contributed by atoms with E-state index in [9.17, 15) is 4.79 Å². The standard InChI is InChI=1S/C19H30N2O3/c1-4-24-18-7-5-16(6-8-18)13-21-11-9-17(10-12-21)19(22)20-15(2)14-23-3/h5-8,15,17H,4,9-14H2,1-3H3,(H,20,22). The van der Waals surface area contributed by atoms with Gasteiger partial charge in [0.05, 0.1) is 13.2 Å². The largest absolute Gasteiger partial charge is 0.494 e. The number of benzene rings is 1. The Balaban J connectivity index is 1.75. The summed E-state index contributed by atoms with van der Waals surface area (Å²) in [6.45, 7) is 8.07. The number of methoxy groups -OCH3 is 1. The van der Waals surface area contributed by atoms with E-state index < -0.39 is 0 Å². The molecule has 0 saturated carbocycles. The van der Waals surface area contributed by atoms with Crippen molar-refractivity contribution in [2.24, 2.45) is 5.92 Å². The Morgan fingerprint density at radius 1 is 1.29 bits per heavy atom. The van der Waals surface area contributed by atoms with Crippen LogP contribution in [0.3, 0.4) is 0 Å². The van der Waals surface area contributed by atoms with E-state index in [1.807, 2.05) is 26.0 Å². The van der Waals surface area contributed by atoms with E-state index in [-0.39, 0.29) is 17.9 Å². The Morgan fingerprint density at radius 3 is 2.54 bits per heavy atom. The van der Waals surface area contributed by atoms with Gasteiger partial charge in [0.2, 0.25) is 5.91 Å². The minimum absolute atomic E-state index is 0.0735. The molecule has 1 saturated heterocycles. The Bertz CT molecular complexity index is 496. The minimum atomic E-state index is 0.0735. The maximum Gasteiger partial charge on any atom is 0.223 e. The van der Waals surface area contributed by atoms with Crippen LogP contribution >= 0.6 is 0 Å². The predicted molar refractivity (Wildman–Crippen MR) is 95.1 cm³/mol. The number of rotatable bonds is 8. The van der Waals surface area contributed by atoms with Gasteiger partial charge in [-0.3, -0.25) is 9.69 Å². The predicted octanol–water partition coefficient (Wildman–Crippen LogP) is 2.45. The number of hydrogen-bond acceptors (Lipinski definition) is 4. The molecule has 1 amide bonds. The molecule has 1 unspecified atom stereocenters. The minimum Gasteiger partial charge on any atom is -0.494 e. The summed E-state index contributed by atoms with van der Waals surface area (Å²) >= 11 is 0. The van der Waals surface area contributed by atoms with Gasteiger partial charge in [-0.15, -0.1) is 0 Å². The SMILES string of the molecule is CCOc1ccc(CN2CCC(C(=O)NC(C)COC)CC2)cc1. The summed E-state index contributed by atoms with van der Waals surface area (Å²) in [5, 5.41) is 3.04. The van der Waals surface area contributed by atoms with Gasteiger partial charge in [-0.05, 0) is 57.5 Å². The Morgan fingerprint density at radius 2 is 1.96 bits per heavy atom. The number of likely N-dealkylation sites (tertiary alicyclic amines) is 1. The van der Waals surface area contributed by atoms with Crippen molar-refractivity contribution in [1.29, 1.82) is 0 Å². The molecule has 1 aromatic carbocycles. The molecule has 0 radical (unpaired) electrons. The lowest BCUT2D eigenvalue weighted by atomic mass is 9.95. The second kappa shape index (κ2) is 9.64. The van der Waals surface area contributed by atoms with Crippen LogP contribution in [-0.4, -0.2) is 50.3 Å². The molecule has 24 heavy (non-hydrogen) atoms. The molecule has 2 rings (SSSR count). The smallest absolute Gasteiger partial charge is 0.223 e. The molecular weight excluding hydrogens is 304 g/mol. The summed E-state index contributed by atoms with van der Waals surface area (Å²) in [6.07, 6.45) is 1.84. The Hall–Kier alpha value is -1.59. The fourth-order valence-electron chi connectivity index (χ4n) is 3.12. The van der Waals surface area contributed by atoms with Crippen molar-refractivity contribution in [3.8, 4) is 5.75 Å². The second-order valence-electron chi connectivity index (χ2n) is 6.49.